The Bertz CT molecular complexity index is 550. The first kappa shape index (κ1) is 16.3. The van der Waals surface area contributed by atoms with Gasteiger partial charge in [-0.05, 0) is 5.56 Å². The molecule has 22 heavy (non-hydrogen) atoms. The van der Waals surface area contributed by atoms with Gasteiger partial charge in [-0.25, -0.2) is 4.79 Å². The van der Waals surface area contributed by atoms with Crippen LogP contribution in [0.1, 0.15) is 12.5 Å². The van der Waals surface area contributed by atoms with Gasteiger partial charge in [-0.1, -0.05) is 37.3 Å². The molecule has 0 bridgehead atoms. The lowest BCUT2D eigenvalue weighted by molar-refractivity contribution is -0.167. The standard InChI is InChI=1S/C15H20N2O5/c1-10-12(18)8-17(15(10,21-2)13(16)19)14(20)22-9-11-6-4-3-5-7-11/h3-7,10,12,18H,8-9H2,1-2H3,(H2,16,19)/t10?,12-,15+/m0/s1. The number of amides is 2. The Kier molecular flexibility index (Phi) is 4.68. The van der Waals surface area contributed by atoms with Crippen molar-refractivity contribution in [1.29, 1.82) is 0 Å². The Morgan fingerprint density at radius 2 is 2.05 bits per heavy atom. The highest BCUT2D eigenvalue weighted by Crippen LogP contribution is 2.36. The van der Waals surface area contributed by atoms with Gasteiger partial charge in [-0.2, -0.15) is 0 Å². The van der Waals surface area contributed by atoms with Crippen molar-refractivity contribution in [2.75, 3.05) is 13.7 Å². The number of rotatable bonds is 4. The molecule has 0 radical (unpaired) electrons. The van der Waals surface area contributed by atoms with Crippen LogP contribution in [-0.2, 0) is 20.9 Å². The van der Waals surface area contributed by atoms with E-state index >= 15 is 0 Å². The number of ether oxygens (including phenoxy) is 2. The molecular formula is C15H20N2O5. The first-order valence-corrected chi connectivity index (χ1v) is 6.95. The molecule has 1 aliphatic rings. The minimum absolute atomic E-state index is 0.0548. The van der Waals surface area contributed by atoms with E-state index < -0.39 is 29.7 Å². The van der Waals surface area contributed by atoms with Gasteiger partial charge in [0.15, 0.2) is 0 Å². The fraction of sp³-hybridized carbons (Fsp3) is 0.467. The van der Waals surface area contributed by atoms with Gasteiger partial charge >= 0.3 is 6.09 Å². The highest BCUT2D eigenvalue weighted by atomic mass is 16.6. The lowest BCUT2D eigenvalue weighted by atomic mass is 9.96. The smallest absolute Gasteiger partial charge is 0.412 e. The summed E-state index contributed by atoms with van der Waals surface area (Å²) in [6.45, 7) is 1.58. The summed E-state index contributed by atoms with van der Waals surface area (Å²) < 4.78 is 10.4. The zero-order valence-electron chi connectivity index (χ0n) is 12.6. The third kappa shape index (κ3) is 2.65. The molecule has 0 saturated carbocycles. The SMILES string of the molecule is CO[C@@]1(C(N)=O)C(C)[C@@H](O)CN1C(=O)OCc1ccccc1. The largest absolute Gasteiger partial charge is 0.444 e. The molecule has 1 aliphatic heterocycles. The molecule has 0 aromatic heterocycles. The van der Waals surface area contributed by atoms with Crippen LogP contribution in [0.4, 0.5) is 4.79 Å². The van der Waals surface area contributed by atoms with E-state index in [0.29, 0.717) is 0 Å². The summed E-state index contributed by atoms with van der Waals surface area (Å²) in [5, 5.41) is 9.98. The number of aliphatic hydroxyl groups excluding tert-OH is 1. The average molecular weight is 308 g/mol. The van der Waals surface area contributed by atoms with Crippen molar-refractivity contribution in [3.05, 3.63) is 35.9 Å². The van der Waals surface area contributed by atoms with Crippen molar-refractivity contribution >= 4 is 12.0 Å². The van der Waals surface area contributed by atoms with Crippen LogP contribution in [0.3, 0.4) is 0 Å². The Morgan fingerprint density at radius 3 is 2.59 bits per heavy atom. The third-order valence-corrected chi connectivity index (χ3v) is 4.05. The lowest BCUT2D eigenvalue weighted by Gasteiger charge is -2.35. The molecule has 120 valence electrons. The molecule has 1 heterocycles. The van der Waals surface area contributed by atoms with Gasteiger partial charge in [-0.15, -0.1) is 0 Å². The summed E-state index contributed by atoms with van der Waals surface area (Å²) in [5.41, 5.74) is 4.52. The van der Waals surface area contributed by atoms with E-state index in [4.69, 9.17) is 15.2 Å². The van der Waals surface area contributed by atoms with E-state index in [-0.39, 0.29) is 13.2 Å². The number of nitrogens with two attached hydrogens (primary N) is 1. The van der Waals surface area contributed by atoms with Crippen molar-refractivity contribution in [3.8, 4) is 0 Å². The molecule has 3 N–H and O–H groups in total. The second kappa shape index (κ2) is 6.33. The van der Waals surface area contributed by atoms with Crippen LogP contribution < -0.4 is 5.73 Å². The number of hydrogen-bond donors (Lipinski definition) is 2. The Labute approximate surface area is 128 Å². The van der Waals surface area contributed by atoms with Gasteiger partial charge in [0.25, 0.3) is 5.91 Å². The molecule has 7 heteroatoms. The number of hydrogen-bond acceptors (Lipinski definition) is 5. The van der Waals surface area contributed by atoms with Gasteiger partial charge in [0, 0.05) is 13.0 Å². The normalized spacial score (nSPS) is 27.7. The minimum atomic E-state index is -1.70. The zero-order valence-corrected chi connectivity index (χ0v) is 12.6. The topological polar surface area (TPSA) is 102 Å². The van der Waals surface area contributed by atoms with Crippen molar-refractivity contribution in [1.82, 2.24) is 4.90 Å². The Hall–Kier alpha value is -2.12. The molecular weight excluding hydrogens is 288 g/mol. The van der Waals surface area contributed by atoms with Crippen LogP contribution in [0.15, 0.2) is 30.3 Å². The number of primary amides is 1. The fourth-order valence-corrected chi connectivity index (χ4v) is 2.75. The van der Waals surface area contributed by atoms with Crippen molar-refractivity contribution in [2.24, 2.45) is 11.7 Å². The quantitative estimate of drug-likeness (QED) is 0.841. The number of carbonyl (C=O) groups is 2. The predicted octanol–water partition coefficient (Wildman–Crippen LogP) is 0.464. The zero-order chi connectivity index (χ0) is 16.3. The maximum Gasteiger partial charge on any atom is 0.412 e. The number of β-amino-alcohol motifs (C(OH)–C–C–N with tert-alkyl or cyclic N) is 1. The molecule has 7 nitrogen and oxygen atoms in total. The van der Waals surface area contributed by atoms with Gasteiger partial charge < -0.3 is 20.3 Å². The number of likely N-dealkylation sites (tertiary alicyclic amines) is 1. The van der Waals surface area contributed by atoms with E-state index in [1.807, 2.05) is 30.3 Å². The van der Waals surface area contributed by atoms with Gasteiger partial charge in [-0.3, -0.25) is 9.69 Å². The van der Waals surface area contributed by atoms with Crippen LogP contribution in [0.25, 0.3) is 0 Å². The van der Waals surface area contributed by atoms with E-state index in [1.54, 1.807) is 6.92 Å². The number of aliphatic hydroxyl groups is 1. The molecule has 1 fully saturated rings. The molecule has 1 saturated heterocycles. The van der Waals surface area contributed by atoms with Crippen LogP contribution in [0.5, 0.6) is 0 Å². The summed E-state index contributed by atoms with van der Waals surface area (Å²) in [6.07, 6.45) is -1.68. The van der Waals surface area contributed by atoms with E-state index in [2.05, 4.69) is 0 Å². The summed E-state index contributed by atoms with van der Waals surface area (Å²) in [4.78, 5) is 25.2. The number of carbonyl (C=O) groups excluding carboxylic acids is 2. The second-order valence-corrected chi connectivity index (χ2v) is 5.27. The monoisotopic (exact) mass is 308 g/mol. The van der Waals surface area contributed by atoms with Crippen molar-refractivity contribution in [2.45, 2.75) is 25.4 Å². The molecule has 2 rings (SSSR count). The fourth-order valence-electron chi connectivity index (χ4n) is 2.75. The number of nitrogens with zero attached hydrogens (tertiary/aromatic N) is 1. The summed E-state index contributed by atoms with van der Waals surface area (Å²) >= 11 is 0. The summed E-state index contributed by atoms with van der Waals surface area (Å²) in [7, 11) is 1.27. The van der Waals surface area contributed by atoms with Gasteiger partial charge in [0.2, 0.25) is 5.72 Å². The molecule has 1 aromatic rings. The third-order valence-electron chi connectivity index (χ3n) is 4.05. The predicted molar refractivity (Wildman–Crippen MR) is 77.4 cm³/mol. The van der Waals surface area contributed by atoms with Gasteiger partial charge in [0.1, 0.15) is 6.61 Å². The molecule has 0 spiro atoms. The maximum atomic E-state index is 12.3. The number of methoxy groups -OCH3 is 1. The first-order chi connectivity index (χ1) is 10.4. The molecule has 1 aromatic carbocycles. The first-order valence-electron chi connectivity index (χ1n) is 6.95. The van der Waals surface area contributed by atoms with E-state index in [0.717, 1.165) is 10.5 Å². The average Bonchev–Trinajstić information content (AvgIpc) is 2.78. The van der Waals surface area contributed by atoms with Crippen molar-refractivity contribution < 1.29 is 24.2 Å². The highest BCUT2D eigenvalue weighted by molar-refractivity contribution is 5.88. The van der Waals surface area contributed by atoms with Crippen LogP contribution >= 0.6 is 0 Å². The van der Waals surface area contributed by atoms with Gasteiger partial charge in [0.05, 0.1) is 12.6 Å². The minimum Gasteiger partial charge on any atom is -0.444 e. The summed E-state index contributed by atoms with van der Waals surface area (Å²) in [5.74, 6) is -1.49. The Balaban J connectivity index is 2.15. The number of benzene rings is 1. The maximum absolute atomic E-state index is 12.3. The lowest BCUT2D eigenvalue weighted by Crippen LogP contribution is -2.60. The van der Waals surface area contributed by atoms with E-state index in [9.17, 15) is 14.7 Å². The molecule has 1 unspecified atom stereocenters. The van der Waals surface area contributed by atoms with Crippen molar-refractivity contribution in [3.63, 3.8) is 0 Å². The highest BCUT2D eigenvalue weighted by Gasteiger charge is 2.59. The summed E-state index contributed by atoms with van der Waals surface area (Å²) in [6, 6.07) is 9.13. The molecule has 0 aliphatic carbocycles. The Morgan fingerprint density at radius 1 is 1.41 bits per heavy atom. The molecule has 3 atom stereocenters. The van der Waals surface area contributed by atoms with Crippen LogP contribution in [0, 0.1) is 5.92 Å². The van der Waals surface area contributed by atoms with Crippen LogP contribution in [0.2, 0.25) is 0 Å². The second-order valence-electron chi connectivity index (χ2n) is 5.27. The van der Waals surface area contributed by atoms with E-state index in [1.165, 1.54) is 7.11 Å². The molecule has 2 amide bonds. The van der Waals surface area contributed by atoms with Crippen LogP contribution in [-0.4, -0.2) is 47.5 Å².